The fourth-order valence-electron chi connectivity index (χ4n) is 5.34. The van der Waals surface area contributed by atoms with E-state index in [1.54, 1.807) is 7.11 Å². The number of nitrogens with zero attached hydrogens (tertiary/aromatic N) is 1. The average molecular weight is 460 g/mol. The van der Waals surface area contributed by atoms with E-state index in [0.717, 1.165) is 36.1 Å². The van der Waals surface area contributed by atoms with Gasteiger partial charge in [0, 0.05) is 30.8 Å². The highest BCUT2D eigenvalue weighted by molar-refractivity contribution is 5.66. The molecule has 1 fully saturated rings. The molecule has 3 heterocycles. The monoisotopic (exact) mass is 459 g/mol. The summed E-state index contributed by atoms with van der Waals surface area (Å²) in [6.07, 6.45) is 0. The first-order valence-corrected chi connectivity index (χ1v) is 11.8. The Morgan fingerprint density at radius 3 is 2.53 bits per heavy atom. The van der Waals surface area contributed by atoms with Crippen molar-refractivity contribution in [3.05, 3.63) is 77.4 Å². The fraction of sp³-hybridized carbons (Fsp3) is 0.333. The lowest BCUT2D eigenvalue weighted by Gasteiger charge is -2.39. The van der Waals surface area contributed by atoms with E-state index in [2.05, 4.69) is 64.3 Å². The highest BCUT2D eigenvalue weighted by Crippen LogP contribution is 2.49. The molecular weight excluding hydrogens is 430 g/mol. The molecule has 3 aromatic rings. The van der Waals surface area contributed by atoms with Crippen LogP contribution in [0.4, 0.5) is 5.69 Å². The topological polar surface area (TPSA) is 64.2 Å². The average Bonchev–Trinajstić information content (AvgIpc) is 3.50. The Kier molecular flexibility index (Phi) is 5.43. The summed E-state index contributed by atoms with van der Waals surface area (Å²) in [5, 5.41) is 0. The molecule has 0 amide bonds. The van der Waals surface area contributed by atoms with E-state index in [9.17, 15) is 0 Å². The Bertz CT molecular complexity index is 1180. The molecule has 0 bridgehead atoms. The molecule has 0 aliphatic carbocycles. The molecule has 3 aliphatic heterocycles. The van der Waals surface area contributed by atoms with Gasteiger partial charge in [0.25, 0.3) is 0 Å². The lowest BCUT2D eigenvalue weighted by atomic mass is 9.81. The second-order valence-electron chi connectivity index (χ2n) is 8.91. The van der Waals surface area contributed by atoms with Gasteiger partial charge in [0.15, 0.2) is 11.5 Å². The molecule has 2 N–H and O–H groups in total. The van der Waals surface area contributed by atoms with Crippen molar-refractivity contribution >= 4 is 5.69 Å². The Morgan fingerprint density at radius 2 is 1.74 bits per heavy atom. The van der Waals surface area contributed by atoms with Gasteiger partial charge in [-0.3, -0.25) is 0 Å². The third-order valence-corrected chi connectivity index (χ3v) is 6.94. The lowest BCUT2D eigenvalue weighted by Crippen LogP contribution is -2.39. The highest BCUT2D eigenvalue weighted by Gasteiger charge is 2.44. The third kappa shape index (κ3) is 3.71. The number of nitrogens with one attached hydrogen (secondary N) is 2. The van der Waals surface area contributed by atoms with Crippen molar-refractivity contribution in [2.45, 2.75) is 25.6 Å². The largest absolute Gasteiger partial charge is 0.497 e. The molecule has 0 radical (unpaired) electrons. The SMILES string of the molecule is CCOc1ccc(C2NNC3c4cc5c(cc4N(Cc4cccc(OC)c4)CC23)OCO5)cc1. The maximum Gasteiger partial charge on any atom is 0.231 e. The quantitative estimate of drug-likeness (QED) is 0.568. The van der Waals surface area contributed by atoms with Crippen LogP contribution in [0.25, 0.3) is 0 Å². The van der Waals surface area contributed by atoms with Crippen LogP contribution in [0.1, 0.15) is 35.7 Å². The smallest absolute Gasteiger partial charge is 0.231 e. The van der Waals surface area contributed by atoms with Crippen LogP contribution in [0, 0.1) is 5.92 Å². The molecule has 0 saturated carbocycles. The summed E-state index contributed by atoms with van der Waals surface area (Å²) in [7, 11) is 1.71. The Labute approximate surface area is 199 Å². The van der Waals surface area contributed by atoms with Gasteiger partial charge in [-0.1, -0.05) is 24.3 Å². The predicted molar refractivity (Wildman–Crippen MR) is 129 cm³/mol. The van der Waals surface area contributed by atoms with E-state index in [0.29, 0.717) is 12.5 Å². The summed E-state index contributed by atoms with van der Waals surface area (Å²) >= 11 is 0. The van der Waals surface area contributed by atoms with Gasteiger partial charge < -0.3 is 23.8 Å². The molecular formula is C27H29N3O4. The number of ether oxygens (including phenoxy) is 4. The van der Waals surface area contributed by atoms with Crippen molar-refractivity contribution in [1.29, 1.82) is 0 Å². The van der Waals surface area contributed by atoms with E-state index in [4.69, 9.17) is 18.9 Å². The zero-order chi connectivity index (χ0) is 23.1. The van der Waals surface area contributed by atoms with Crippen molar-refractivity contribution in [3.63, 3.8) is 0 Å². The molecule has 3 aromatic carbocycles. The molecule has 176 valence electrons. The zero-order valence-corrected chi connectivity index (χ0v) is 19.4. The zero-order valence-electron chi connectivity index (χ0n) is 19.4. The summed E-state index contributed by atoms with van der Waals surface area (Å²) in [6.45, 7) is 4.61. The summed E-state index contributed by atoms with van der Waals surface area (Å²) in [5.41, 5.74) is 12.0. The van der Waals surface area contributed by atoms with Gasteiger partial charge in [-0.05, 0) is 53.9 Å². The van der Waals surface area contributed by atoms with Crippen LogP contribution in [0.3, 0.4) is 0 Å². The van der Waals surface area contributed by atoms with E-state index in [-0.39, 0.29) is 18.9 Å². The van der Waals surface area contributed by atoms with Crippen LogP contribution >= 0.6 is 0 Å². The summed E-state index contributed by atoms with van der Waals surface area (Å²) in [6, 6.07) is 21.3. The maximum absolute atomic E-state index is 5.73. The van der Waals surface area contributed by atoms with Crippen LogP contribution in [0.5, 0.6) is 23.0 Å². The minimum absolute atomic E-state index is 0.169. The van der Waals surface area contributed by atoms with Gasteiger partial charge in [-0.2, -0.15) is 0 Å². The van der Waals surface area contributed by atoms with E-state index < -0.39 is 0 Å². The van der Waals surface area contributed by atoms with Crippen molar-refractivity contribution < 1.29 is 18.9 Å². The molecule has 0 aromatic heterocycles. The fourth-order valence-corrected chi connectivity index (χ4v) is 5.34. The van der Waals surface area contributed by atoms with Gasteiger partial charge >= 0.3 is 0 Å². The molecule has 3 unspecified atom stereocenters. The number of anilines is 1. The molecule has 34 heavy (non-hydrogen) atoms. The minimum Gasteiger partial charge on any atom is -0.497 e. The highest BCUT2D eigenvalue weighted by atomic mass is 16.7. The molecule has 3 atom stereocenters. The first-order valence-electron chi connectivity index (χ1n) is 11.8. The van der Waals surface area contributed by atoms with Gasteiger partial charge in [0.2, 0.25) is 6.79 Å². The third-order valence-electron chi connectivity index (χ3n) is 6.94. The Balaban J connectivity index is 1.35. The number of hydrazine groups is 1. The van der Waals surface area contributed by atoms with Crippen LogP contribution in [0.15, 0.2) is 60.7 Å². The first kappa shape index (κ1) is 21.1. The standard InChI is InChI=1S/C27H29N3O4/c1-3-32-19-9-7-18(8-10-19)26-22-15-30(14-17-5-4-6-20(11-17)31-2)23-13-25-24(33-16-34-25)12-21(23)27(22)29-28-26/h4-13,22,26-29H,3,14-16H2,1-2H3. The molecule has 0 spiro atoms. The van der Waals surface area contributed by atoms with Gasteiger partial charge in [0.1, 0.15) is 11.5 Å². The molecule has 1 saturated heterocycles. The second kappa shape index (κ2) is 8.74. The Morgan fingerprint density at radius 1 is 0.941 bits per heavy atom. The molecule has 7 heteroatoms. The maximum atomic E-state index is 5.73. The number of rotatable bonds is 6. The second-order valence-corrected chi connectivity index (χ2v) is 8.91. The van der Waals surface area contributed by atoms with Crippen LogP contribution in [-0.2, 0) is 6.54 Å². The van der Waals surface area contributed by atoms with Gasteiger partial charge in [0.05, 0.1) is 25.8 Å². The number of hydrogen-bond acceptors (Lipinski definition) is 7. The minimum atomic E-state index is 0.169. The van der Waals surface area contributed by atoms with E-state index >= 15 is 0 Å². The van der Waals surface area contributed by atoms with Crippen molar-refractivity contribution in [2.24, 2.45) is 5.92 Å². The first-order chi connectivity index (χ1) is 16.7. The lowest BCUT2D eigenvalue weighted by molar-refractivity contribution is 0.174. The number of benzene rings is 3. The number of fused-ring (bicyclic) bond motifs is 4. The van der Waals surface area contributed by atoms with Crippen molar-refractivity contribution in [1.82, 2.24) is 10.9 Å². The predicted octanol–water partition coefficient (Wildman–Crippen LogP) is 4.35. The molecule has 6 rings (SSSR count). The summed E-state index contributed by atoms with van der Waals surface area (Å²) in [4.78, 5) is 2.45. The number of hydrogen-bond donors (Lipinski definition) is 2. The van der Waals surface area contributed by atoms with E-state index in [1.165, 1.54) is 22.4 Å². The molecule has 7 nitrogen and oxygen atoms in total. The van der Waals surface area contributed by atoms with Crippen LogP contribution in [0.2, 0.25) is 0 Å². The summed E-state index contributed by atoms with van der Waals surface area (Å²) in [5.74, 6) is 3.72. The van der Waals surface area contributed by atoms with Gasteiger partial charge in [-0.15, -0.1) is 0 Å². The van der Waals surface area contributed by atoms with Crippen molar-refractivity contribution in [2.75, 3.05) is 32.0 Å². The normalized spacial score (nSPS) is 22.3. The van der Waals surface area contributed by atoms with Gasteiger partial charge in [-0.25, -0.2) is 10.9 Å². The number of methoxy groups -OCH3 is 1. The Hall–Kier alpha value is -3.42. The van der Waals surface area contributed by atoms with Crippen LogP contribution < -0.4 is 34.7 Å². The molecule has 3 aliphatic rings. The van der Waals surface area contributed by atoms with Crippen molar-refractivity contribution in [3.8, 4) is 23.0 Å². The summed E-state index contributed by atoms with van der Waals surface area (Å²) < 4.78 is 22.5. The van der Waals surface area contributed by atoms with Crippen LogP contribution in [-0.4, -0.2) is 27.1 Å². The van der Waals surface area contributed by atoms with E-state index in [1.807, 2.05) is 19.1 Å².